The number of para-hydroxylation sites is 1. The molecule has 2 aliphatic carbocycles. The summed E-state index contributed by atoms with van der Waals surface area (Å²) in [6.45, 7) is 0. The molecular weight excluding hydrogens is 755 g/mol. The largest absolute Gasteiger partial charge is 0.456 e. The Balaban J connectivity index is 0.953. The summed E-state index contributed by atoms with van der Waals surface area (Å²) in [6.07, 6.45) is 0. The predicted molar refractivity (Wildman–Crippen MR) is 251 cm³/mol. The zero-order chi connectivity index (χ0) is 40.8. The van der Waals surface area contributed by atoms with Gasteiger partial charge in [0.05, 0.1) is 5.41 Å². The van der Waals surface area contributed by atoms with Gasteiger partial charge < -0.3 is 4.42 Å². The van der Waals surface area contributed by atoms with E-state index in [4.69, 9.17) is 19.4 Å². The van der Waals surface area contributed by atoms with Gasteiger partial charge in [0, 0.05) is 27.5 Å². The molecule has 2 aromatic heterocycles. The van der Waals surface area contributed by atoms with E-state index in [-0.39, 0.29) is 0 Å². The average Bonchev–Trinajstić information content (AvgIpc) is 3.98. The van der Waals surface area contributed by atoms with Gasteiger partial charge in [0.25, 0.3) is 0 Å². The van der Waals surface area contributed by atoms with Crippen LogP contribution in [-0.4, -0.2) is 15.0 Å². The lowest BCUT2D eigenvalue weighted by molar-refractivity contribution is 0.669. The number of hydrogen-bond acceptors (Lipinski definition) is 4. The molecule has 0 atom stereocenters. The Bertz CT molecular complexity index is 3540. The van der Waals surface area contributed by atoms with E-state index >= 15 is 0 Å². The van der Waals surface area contributed by atoms with Crippen molar-refractivity contribution >= 4 is 21.9 Å². The fourth-order valence-corrected chi connectivity index (χ4v) is 10.3. The maximum absolute atomic E-state index is 6.26. The summed E-state index contributed by atoms with van der Waals surface area (Å²) in [7, 11) is 0. The average molecular weight is 790 g/mol. The number of hydrogen-bond donors (Lipinski definition) is 0. The molecule has 13 rings (SSSR count). The lowest BCUT2D eigenvalue weighted by atomic mass is 9.70. The molecular formula is C58H35N3O. The quantitative estimate of drug-likeness (QED) is 0.174. The van der Waals surface area contributed by atoms with Crippen LogP contribution in [0.3, 0.4) is 0 Å². The number of aromatic nitrogens is 3. The summed E-state index contributed by atoms with van der Waals surface area (Å²) in [6, 6.07) is 75.6. The van der Waals surface area contributed by atoms with Crippen LogP contribution >= 0.6 is 0 Å². The number of fused-ring (bicyclic) bond motifs is 13. The number of nitrogens with zero attached hydrogens (tertiary/aromatic N) is 3. The Morgan fingerprint density at radius 3 is 1.42 bits per heavy atom. The Kier molecular flexibility index (Phi) is 7.49. The molecule has 4 heteroatoms. The fraction of sp³-hybridized carbons (Fsp3) is 0.0172. The van der Waals surface area contributed by atoms with Gasteiger partial charge in [-0.25, -0.2) is 15.0 Å². The van der Waals surface area contributed by atoms with Crippen molar-refractivity contribution in [2.24, 2.45) is 0 Å². The molecule has 0 amide bonds. The third-order valence-corrected chi connectivity index (χ3v) is 13.0. The smallest absolute Gasteiger partial charge is 0.164 e. The van der Waals surface area contributed by atoms with Crippen LogP contribution < -0.4 is 0 Å². The van der Waals surface area contributed by atoms with Crippen molar-refractivity contribution < 1.29 is 4.42 Å². The highest BCUT2D eigenvalue weighted by Gasteiger charge is 2.51. The second-order valence-corrected chi connectivity index (χ2v) is 16.3. The molecule has 0 bridgehead atoms. The fourth-order valence-electron chi connectivity index (χ4n) is 10.3. The van der Waals surface area contributed by atoms with Crippen LogP contribution in [0.2, 0.25) is 0 Å². The molecule has 1 spiro atoms. The van der Waals surface area contributed by atoms with E-state index in [1.54, 1.807) is 0 Å². The lowest BCUT2D eigenvalue weighted by Gasteiger charge is -2.30. The van der Waals surface area contributed by atoms with Gasteiger partial charge in [-0.1, -0.05) is 182 Å². The second kappa shape index (κ2) is 13.4. The van der Waals surface area contributed by atoms with Crippen molar-refractivity contribution in [2.75, 3.05) is 0 Å². The Morgan fingerprint density at radius 1 is 0.290 bits per heavy atom. The van der Waals surface area contributed by atoms with E-state index in [0.29, 0.717) is 17.5 Å². The van der Waals surface area contributed by atoms with Crippen LogP contribution in [0, 0.1) is 0 Å². The summed E-state index contributed by atoms with van der Waals surface area (Å²) in [5, 5.41) is 2.19. The van der Waals surface area contributed by atoms with Crippen LogP contribution in [0.4, 0.5) is 0 Å². The van der Waals surface area contributed by atoms with E-state index < -0.39 is 5.41 Å². The third-order valence-electron chi connectivity index (χ3n) is 13.0. The Labute approximate surface area is 358 Å². The molecule has 2 heterocycles. The number of furan rings is 1. The van der Waals surface area contributed by atoms with Crippen molar-refractivity contribution in [3.05, 3.63) is 235 Å². The first-order chi connectivity index (χ1) is 30.7. The van der Waals surface area contributed by atoms with Gasteiger partial charge in [-0.15, -0.1) is 0 Å². The molecule has 0 unspecified atom stereocenters. The van der Waals surface area contributed by atoms with Gasteiger partial charge in [0.15, 0.2) is 17.5 Å². The molecule has 11 aromatic rings. The minimum Gasteiger partial charge on any atom is -0.456 e. The van der Waals surface area contributed by atoms with Gasteiger partial charge in [-0.05, 0) is 97.1 Å². The predicted octanol–water partition coefficient (Wildman–Crippen LogP) is 14.4. The standard InChI is InChI=1S/C58H35N3O/c1-2-15-36(16-3-1)55-59-56(61-57(60-55)41-20-13-18-39(34-41)42-25-14-30-53-54(42)47-24-7-11-29-52(47)62-53)40-19-12-17-37(33-40)38-31-32-46-45-23-6-10-28-50(45)58(51(46)35-38)48-26-8-4-21-43(48)44-22-5-9-27-49(44)58/h1-35H. The highest BCUT2D eigenvalue weighted by molar-refractivity contribution is 6.12. The molecule has 0 fully saturated rings. The third kappa shape index (κ3) is 5.04. The van der Waals surface area contributed by atoms with E-state index in [1.807, 2.05) is 36.4 Å². The normalized spacial score (nSPS) is 13.0. The van der Waals surface area contributed by atoms with Crippen molar-refractivity contribution in [3.8, 4) is 78.7 Å². The second-order valence-electron chi connectivity index (χ2n) is 16.3. The highest BCUT2D eigenvalue weighted by Crippen LogP contribution is 2.63. The SMILES string of the molecule is c1ccc(-c2nc(-c3cccc(-c4ccc5c(c4)C4(c6ccccc6-c6ccccc64)c4ccccc4-5)c3)nc(-c3cccc(-c4cccc5oc6ccccc6c45)c3)n2)cc1. The van der Waals surface area contributed by atoms with Crippen molar-refractivity contribution in [2.45, 2.75) is 5.41 Å². The molecule has 2 aliphatic rings. The van der Waals surface area contributed by atoms with Gasteiger partial charge in [-0.2, -0.15) is 0 Å². The monoisotopic (exact) mass is 789 g/mol. The van der Waals surface area contributed by atoms with Crippen LogP contribution in [0.15, 0.2) is 217 Å². The summed E-state index contributed by atoms with van der Waals surface area (Å²) in [4.78, 5) is 15.5. The Hall–Kier alpha value is -8.21. The van der Waals surface area contributed by atoms with Crippen molar-refractivity contribution in [3.63, 3.8) is 0 Å². The minimum absolute atomic E-state index is 0.412. The molecule has 0 saturated carbocycles. The van der Waals surface area contributed by atoms with E-state index in [9.17, 15) is 0 Å². The maximum Gasteiger partial charge on any atom is 0.164 e. The summed E-state index contributed by atoms with van der Waals surface area (Å²) >= 11 is 0. The molecule has 4 nitrogen and oxygen atoms in total. The number of benzene rings is 9. The van der Waals surface area contributed by atoms with Crippen LogP contribution in [0.1, 0.15) is 22.3 Å². The summed E-state index contributed by atoms with van der Waals surface area (Å²) in [5.41, 5.74) is 19.0. The highest BCUT2D eigenvalue weighted by atomic mass is 16.3. The summed E-state index contributed by atoms with van der Waals surface area (Å²) in [5.74, 6) is 1.86. The van der Waals surface area contributed by atoms with Gasteiger partial charge in [0.2, 0.25) is 0 Å². The van der Waals surface area contributed by atoms with Crippen LogP contribution in [0.25, 0.3) is 101 Å². The van der Waals surface area contributed by atoms with Gasteiger partial charge in [-0.3, -0.25) is 0 Å². The first kappa shape index (κ1) is 34.6. The molecule has 0 aliphatic heterocycles. The van der Waals surface area contributed by atoms with E-state index in [1.165, 1.54) is 44.5 Å². The minimum atomic E-state index is -0.412. The van der Waals surface area contributed by atoms with Gasteiger partial charge in [0.1, 0.15) is 11.2 Å². The molecule has 0 N–H and O–H groups in total. The topological polar surface area (TPSA) is 51.8 Å². The molecule has 0 saturated heterocycles. The van der Waals surface area contributed by atoms with Crippen molar-refractivity contribution in [1.82, 2.24) is 15.0 Å². The zero-order valence-corrected chi connectivity index (χ0v) is 33.5. The van der Waals surface area contributed by atoms with E-state index in [0.717, 1.165) is 60.9 Å². The zero-order valence-electron chi connectivity index (χ0n) is 33.5. The maximum atomic E-state index is 6.26. The van der Waals surface area contributed by atoms with Crippen LogP contribution in [0.5, 0.6) is 0 Å². The first-order valence-corrected chi connectivity index (χ1v) is 21.1. The Morgan fingerprint density at radius 2 is 0.742 bits per heavy atom. The number of rotatable bonds is 5. The lowest BCUT2D eigenvalue weighted by Crippen LogP contribution is -2.25. The van der Waals surface area contributed by atoms with E-state index in [2.05, 4.69) is 176 Å². The molecule has 9 aromatic carbocycles. The molecule has 62 heavy (non-hydrogen) atoms. The molecule has 0 radical (unpaired) electrons. The van der Waals surface area contributed by atoms with Gasteiger partial charge >= 0.3 is 0 Å². The van der Waals surface area contributed by atoms with Crippen molar-refractivity contribution in [1.29, 1.82) is 0 Å². The molecule has 288 valence electrons. The van der Waals surface area contributed by atoms with Crippen LogP contribution in [-0.2, 0) is 5.41 Å². The first-order valence-electron chi connectivity index (χ1n) is 21.1. The summed E-state index contributed by atoms with van der Waals surface area (Å²) < 4.78 is 6.26.